The number of carbonyl (C=O) groups is 5. The number of ketones is 3. The zero-order valence-electron chi connectivity index (χ0n) is 19.7. The van der Waals surface area contributed by atoms with E-state index < -0.39 is 41.1 Å². The highest BCUT2D eigenvalue weighted by Crippen LogP contribution is 2.30. The summed E-state index contributed by atoms with van der Waals surface area (Å²) in [6.07, 6.45) is -0.461. The third-order valence-corrected chi connectivity index (χ3v) is 4.95. The van der Waals surface area contributed by atoms with E-state index in [1.807, 2.05) is 0 Å². The number of ether oxygens (including phenoxy) is 3. The first kappa shape index (κ1) is 26.0. The van der Waals surface area contributed by atoms with Crippen molar-refractivity contribution < 1.29 is 38.2 Å². The molecule has 0 aromatic heterocycles. The molecule has 0 bridgehead atoms. The summed E-state index contributed by atoms with van der Waals surface area (Å²) in [5, 5.41) is 2.60. The first-order chi connectivity index (χ1) is 15.4. The van der Waals surface area contributed by atoms with Gasteiger partial charge >= 0.3 is 12.1 Å². The van der Waals surface area contributed by atoms with E-state index in [-0.39, 0.29) is 36.9 Å². The Morgan fingerprint density at radius 2 is 1.67 bits per heavy atom. The van der Waals surface area contributed by atoms with E-state index >= 15 is 0 Å². The Bertz CT molecular complexity index is 945. The van der Waals surface area contributed by atoms with Crippen molar-refractivity contribution in [2.24, 2.45) is 0 Å². The van der Waals surface area contributed by atoms with Crippen LogP contribution in [0, 0.1) is 0 Å². The minimum atomic E-state index is -0.991. The van der Waals surface area contributed by atoms with Crippen molar-refractivity contribution in [1.82, 2.24) is 0 Å². The Balaban J connectivity index is 2.46. The lowest BCUT2D eigenvalue weighted by Crippen LogP contribution is -2.28. The van der Waals surface area contributed by atoms with Crippen LogP contribution in [-0.4, -0.2) is 48.2 Å². The van der Waals surface area contributed by atoms with Gasteiger partial charge in [-0.15, -0.1) is 0 Å². The van der Waals surface area contributed by atoms with Gasteiger partial charge in [0.15, 0.2) is 0 Å². The molecule has 0 radical (unpaired) electrons. The Labute approximate surface area is 193 Å². The predicted octanol–water partition coefficient (Wildman–Crippen LogP) is 3.80. The normalized spacial score (nSPS) is 18.6. The van der Waals surface area contributed by atoms with Crippen molar-refractivity contribution >= 4 is 35.1 Å². The van der Waals surface area contributed by atoms with Gasteiger partial charge in [-0.25, -0.2) is 9.59 Å². The maximum Gasteiger partial charge on any atom is 0.412 e. The largest absolute Gasteiger partial charge is 0.497 e. The highest BCUT2D eigenvalue weighted by molar-refractivity contribution is 6.63. The van der Waals surface area contributed by atoms with Gasteiger partial charge in [-0.05, 0) is 65.0 Å². The predicted molar refractivity (Wildman–Crippen MR) is 120 cm³/mol. The average Bonchev–Trinajstić information content (AvgIpc) is 2.70. The van der Waals surface area contributed by atoms with Crippen LogP contribution in [0.2, 0.25) is 0 Å². The molecule has 0 unspecified atom stereocenters. The molecule has 33 heavy (non-hydrogen) atoms. The second kappa shape index (κ2) is 11.1. The summed E-state index contributed by atoms with van der Waals surface area (Å²) in [7, 11) is 1.44. The number of fused-ring (bicyclic) bond motifs is 1. The summed E-state index contributed by atoms with van der Waals surface area (Å²) in [6.45, 7) is 6.82. The van der Waals surface area contributed by atoms with Crippen LogP contribution in [0.3, 0.4) is 0 Å². The van der Waals surface area contributed by atoms with Gasteiger partial charge in [0.05, 0.1) is 24.5 Å². The van der Waals surface area contributed by atoms with Gasteiger partial charge in [0, 0.05) is 18.9 Å². The number of carbonyl (C=O) groups excluding carboxylic acids is 5. The number of Topliss-reactive ketones (excluding diaryl/α,β-unsaturated/α-hetero) is 3. The van der Waals surface area contributed by atoms with Gasteiger partial charge in [0.1, 0.15) is 11.4 Å². The molecule has 1 N–H and O–H groups in total. The quantitative estimate of drug-likeness (QED) is 0.521. The molecular formula is C24H31NO8. The number of methoxy groups -OCH3 is 1. The molecule has 0 saturated heterocycles. The monoisotopic (exact) mass is 461 g/mol. The number of amides is 1. The fourth-order valence-electron chi connectivity index (χ4n) is 3.41. The minimum absolute atomic E-state index is 0.0777. The molecule has 9 nitrogen and oxygen atoms in total. The van der Waals surface area contributed by atoms with Gasteiger partial charge in [-0.3, -0.25) is 19.7 Å². The van der Waals surface area contributed by atoms with Crippen molar-refractivity contribution in [3.63, 3.8) is 0 Å². The Hall–Kier alpha value is -3.23. The van der Waals surface area contributed by atoms with Gasteiger partial charge in [0.2, 0.25) is 11.6 Å². The molecule has 1 amide bonds. The number of esters is 1. The number of aryl methyl sites for hydroxylation is 1. The van der Waals surface area contributed by atoms with Crippen molar-refractivity contribution in [3.05, 3.63) is 23.3 Å². The summed E-state index contributed by atoms with van der Waals surface area (Å²) >= 11 is 0. The molecular weight excluding hydrogens is 430 g/mol. The van der Waals surface area contributed by atoms with Crippen LogP contribution in [0.5, 0.6) is 5.75 Å². The zero-order chi connectivity index (χ0) is 24.8. The topological polar surface area (TPSA) is 125 Å². The minimum Gasteiger partial charge on any atom is -0.497 e. The van der Waals surface area contributed by atoms with E-state index in [4.69, 9.17) is 14.2 Å². The summed E-state index contributed by atoms with van der Waals surface area (Å²) in [5.41, 5.74) is 0.00105. The van der Waals surface area contributed by atoms with Gasteiger partial charge in [-0.2, -0.15) is 0 Å². The molecule has 1 aliphatic heterocycles. The summed E-state index contributed by atoms with van der Waals surface area (Å²) in [4.78, 5) is 61.6. The van der Waals surface area contributed by atoms with E-state index in [9.17, 15) is 24.0 Å². The summed E-state index contributed by atoms with van der Waals surface area (Å²) in [6, 6.07) is 3.11. The van der Waals surface area contributed by atoms with E-state index in [0.717, 1.165) is 0 Å². The third-order valence-electron chi connectivity index (χ3n) is 4.95. The van der Waals surface area contributed by atoms with E-state index in [1.54, 1.807) is 33.8 Å². The highest BCUT2D eigenvalue weighted by Gasteiger charge is 2.27. The van der Waals surface area contributed by atoms with Gasteiger partial charge in [-0.1, -0.05) is 0 Å². The fourth-order valence-corrected chi connectivity index (χ4v) is 3.41. The van der Waals surface area contributed by atoms with Crippen molar-refractivity contribution in [2.75, 3.05) is 12.4 Å². The number of anilines is 1. The molecule has 0 saturated carbocycles. The first-order valence-corrected chi connectivity index (χ1v) is 10.9. The first-order valence-electron chi connectivity index (χ1n) is 10.9. The van der Waals surface area contributed by atoms with Crippen LogP contribution in [0.25, 0.3) is 0 Å². The number of hydrogen-bond donors (Lipinski definition) is 1. The second-order valence-electron chi connectivity index (χ2n) is 8.97. The SMILES string of the molecule is COc1cc2c(c(NC(=O)OC(C)(C)C)c1)C(=O)O[C@@H](C)CCCC(=O)C(=O)C(=O)CCC2. The van der Waals surface area contributed by atoms with Crippen molar-refractivity contribution in [2.45, 2.75) is 77.9 Å². The van der Waals surface area contributed by atoms with Crippen LogP contribution < -0.4 is 10.1 Å². The molecule has 1 heterocycles. The maximum absolute atomic E-state index is 13.1. The zero-order valence-corrected chi connectivity index (χ0v) is 19.7. The lowest BCUT2D eigenvalue weighted by atomic mass is 9.96. The van der Waals surface area contributed by atoms with Crippen LogP contribution in [0.1, 0.15) is 75.7 Å². The van der Waals surface area contributed by atoms with Crippen LogP contribution in [0.15, 0.2) is 12.1 Å². The molecule has 2 rings (SSSR count). The average molecular weight is 462 g/mol. The molecule has 0 fully saturated rings. The number of hydrogen-bond acceptors (Lipinski definition) is 8. The Kier molecular flexibility index (Phi) is 8.73. The van der Waals surface area contributed by atoms with Crippen molar-refractivity contribution in [1.29, 1.82) is 0 Å². The Morgan fingerprint density at radius 3 is 2.27 bits per heavy atom. The lowest BCUT2D eigenvalue weighted by molar-refractivity contribution is -0.144. The van der Waals surface area contributed by atoms with Gasteiger partial charge in [0.25, 0.3) is 5.78 Å². The number of cyclic esters (lactones) is 1. The van der Waals surface area contributed by atoms with Crippen LogP contribution in [-0.2, 0) is 30.3 Å². The van der Waals surface area contributed by atoms with E-state index in [2.05, 4.69) is 5.32 Å². The molecule has 9 heteroatoms. The second-order valence-corrected chi connectivity index (χ2v) is 8.97. The maximum atomic E-state index is 13.1. The smallest absolute Gasteiger partial charge is 0.412 e. The lowest BCUT2D eigenvalue weighted by Gasteiger charge is -2.22. The van der Waals surface area contributed by atoms with Crippen LogP contribution >= 0.6 is 0 Å². The number of nitrogens with one attached hydrogen (secondary N) is 1. The number of benzene rings is 1. The van der Waals surface area contributed by atoms with E-state index in [1.165, 1.54) is 13.2 Å². The van der Waals surface area contributed by atoms with Crippen LogP contribution in [0.4, 0.5) is 10.5 Å². The molecule has 1 aliphatic rings. The van der Waals surface area contributed by atoms with Gasteiger partial charge < -0.3 is 14.2 Å². The standard InChI is InChI=1S/C24H31NO8/c1-14-8-6-10-18(26)21(28)19(27)11-7-9-15-12-16(31-5)13-17(20(15)22(29)32-14)25-23(30)33-24(2,3)4/h12-14H,6-11H2,1-5H3,(H,25,30)/t14-/m0/s1. The summed E-state index contributed by atoms with van der Waals surface area (Å²) < 4.78 is 16.2. The highest BCUT2D eigenvalue weighted by atomic mass is 16.6. The molecule has 0 aliphatic carbocycles. The molecule has 180 valence electrons. The third kappa shape index (κ3) is 7.69. The molecule has 1 atom stereocenters. The summed E-state index contributed by atoms with van der Waals surface area (Å²) in [5.74, 6) is -2.74. The van der Waals surface area contributed by atoms with E-state index in [0.29, 0.717) is 24.2 Å². The molecule has 0 spiro atoms. The van der Waals surface area contributed by atoms with Crippen molar-refractivity contribution in [3.8, 4) is 5.75 Å². The molecule has 1 aromatic carbocycles. The Morgan fingerprint density at radius 1 is 1.03 bits per heavy atom. The number of rotatable bonds is 2. The molecule has 1 aromatic rings. The fraction of sp³-hybridized carbons (Fsp3) is 0.542.